The van der Waals surface area contributed by atoms with Gasteiger partial charge < -0.3 is 10.3 Å². The van der Waals surface area contributed by atoms with E-state index in [1.807, 2.05) is 6.92 Å². The number of nitrogens with two attached hydrogens (primary N) is 1. The summed E-state index contributed by atoms with van der Waals surface area (Å²) in [5.74, 6) is 0.988. The van der Waals surface area contributed by atoms with Crippen molar-refractivity contribution in [3.05, 3.63) is 11.8 Å². The van der Waals surface area contributed by atoms with Crippen molar-refractivity contribution in [3.63, 3.8) is 0 Å². The minimum absolute atomic E-state index is 0. The molecule has 0 saturated carbocycles. The molecule has 0 radical (unpaired) electrons. The Kier molecular flexibility index (Phi) is 6.98. The molecule has 1 fully saturated rings. The molecule has 1 aliphatic heterocycles. The molecule has 1 amide bonds. The van der Waals surface area contributed by atoms with E-state index >= 15 is 0 Å². The lowest BCUT2D eigenvalue weighted by Gasteiger charge is -2.31. The first kappa shape index (κ1) is 16.9. The smallest absolute Gasteiger partial charge is 0.240 e. The van der Waals surface area contributed by atoms with Crippen LogP contribution in [0.15, 0.2) is 10.6 Å². The van der Waals surface area contributed by atoms with Crippen LogP contribution in [0.1, 0.15) is 25.0 Å². The number of piperidine rings is 1. The maximum absolute atomic E-state index is 11.9. The quantitative estimate of drug-likeness (QED) is 0.859. The Morgan fingerprint density at radius 2 is 2.45 bits per heavy atom. The van der Waals surface area contributed by atoms with Gasteiger partial charge in [0.2, 0.25) is 11.8 Å². The lowest BCUT2D eigenvalue weighted by Crippen LogP contribution is -2.40. The summed E-state index contributed by atoms with van der Waals surface area (Å²) in [7, 11) is 0. The second-order valence-corrected chi connectivity index (χ2v) is 5.20. The van der Waals surface area contributed by atoms with E-state index in [2.05, 4.69) is 15.4 Å². The summed E-state index contributed by atoms with van der Waals surface area (Å²) in [6.07, 6.45) is 3.40. The Labute approximate surface area is 125 Å². The molecule has 3 N–H and O–H groups in total. The zero-order valence-corrected chi connectivity index (χ0v) is 12.6. The minimum atomic E-state index is -0.0513. The van der Waals surface area contributed by atoms with Crippen molar-refractivity contribution in [2.75, 3.05) is 31.5 Å². The second kappa shape index (κ2) is 8.24. The van der Waals surface area contributed by atoms with Gasteiger partial charge in [0.1, 0.15) is 0 Å². The van der Waals surface area contributed by atoms with Gasteiger partial charge in [0.15, 0.2) is 0 Å². The highest BCUT2D eigenvalue weighted by molar-refractivity contribution is 5.90. The lowest BCUT2D eigenvalue weighted by atomic mass is 9.95. The number of amides is 1. The fraction of sp³-hybridized carbons (Fsp3) is 0.692. The number of nitrogens with one attached hydrogen (secondary N) is 1. The first-order chi connectivity index (χ1) is 9.17. The summed E-state index contributed by atoms with van der Waals surface area (Å²) in [5, 5.41) is 6.46. The minimum Gasteiger partial charge on any atom is -0.338 e. The molecule has 1 atom stereocenters. The average molecular weight is 303 g/mol. The average Bonchev–Trinajstić information content (AvgIpc) is 2.75. The summed E-state index contributed by atoms with van der Waals surface area (Å²) < 4.78 is 4.97. The van der Waals surface area contributed by atoms with Crippen LogP contribution < -0.4 is 11.1 Å². The first-order valence-electron chi connectivity index (χ1n) is 6.83. The number of hydrogen-bond acceptors (Lipinski definition) is 5. The molecule has 2 heterocycles. The van der Waals surface area contributed by atoms with Crippen LogP contribution in [0.4, 0.5) is 5.88 Å². The predicted octanol–water partition coefficient (Wildman–Crippen LogP) is 1.40. The fourth-order valence-electron chi connectivity index (χ4n) is 2.57. The largest absolute Gasteiger partial charge is 0.338 e. The third-order valence-electron chi connectivity index (χ3n) is 3.44. The zero-order valence-electron chi connectivity index (χ0n) is 11.8. The topological polar surface area (TPSA) is 84.4 Å². The molecule has 114 valence electrons. The van der Waals surface area contributed by atoms with Crippen LogP contribution in [0.2, 0.25) is 0 Å². The molecule has 1 aromatic rings. The third kappa shape index (κ3) is 5.11. The van der Waals surface area contributed by atoms with Crippen LogP contribution in [-0.4, -0.2) is 42.1 Å². The number of carbonyl (C=O) groups is 1. The van der Waals surface area contributed by atoms with Gasteiger partial charge in [-0.05, 0) is 45.2 Å². The highest BCUT2D eigenvalue weighted by Crippen LogP contribution is 2.18. The number of aryl methyl sites for hydroxylation is 1. The van der Waals surface area contributed by atoms with Gasteiger partial charge in [-0.15, -0.1) is 12.4 Å². The third-order valence-corrected chi connectivity index (χ3v) is 3.44. The Hall–Kier alpha value is -1.11. The van der Waals surface area contributed by atoms with Crippen LogP contribution in [0.3, 0.4) is 0 Å². The SMILES string of the molecule is Cc1cc(NC(=O)CN2CCCC(CCN)C2)on1.Cl. The summed E-state index contributed by atoms with van der Waals surface area (Å²) in [5.41, 5.74) is 6.35. The number of anilines is 1. The van der Waals surface area contributed by atoms with Crippen LogP contribution in [0, 0.1) is 12.8 Å². The normalized spacial score (nSPS) is 19.4. The molecule has 6 nitrogen and oxygen atoms in total. The lowest BCUT2D eigenvalue weighted by molar-refractivity contribution is -0.117. The van der Waals surface area contributed by atoms with Gasteiger partial charge in [0.25, 0.3) is 0 Å². The van der Waals surface area contributed by atoms with Gasteiger partial charge in [-0.3, -0.25) is 15.0 Å². The van der Waals surface area contributed by atoms with Crippen LogP contribution >= 0.6 is 12.4 Å². The summed E-state index contributed by atoms with van der Waals surface area (Å²) >= 11 is 0. The van der Waals surface area contributed by atoms with Gasteiger partial charge in [0, 0.05) is 12.6 Å². The highest BCUT2D eigenvalue weighted by Gasteiger charge is 2.21. The Morgan fingerprint density at radius 3 is 3.10 bits per heavy atom. The molecule has 2 rings (SSSR count). The van der Waals surface area contributed by atoms with Crippen molar-refractivity contribution in [3.8, 4) is 0 Å². The maximum Gasteiger partial charge on any atom is 0.240 e. The van der Waals surface area contributed by atoms with Crippen LogP contribution in [0.25, 0.3) is 0 Å². The van der Waals surface area contributed by atoms with Crippen molar-refractivity contribution < 1.29 is 9.32 Å². The van der Waals surface area contributed by atoms with Gasteiger partial charge in [-0.2, -0.15) is 0 Å². The number of halogens is 1. The number of rotatable bonds is 5. The Balaban J connectivity index is 0.00000200. The standard InChI is InChI=1S/C13H22N4O2.ClH/c1-10-7-13(19-16-10)15-12(18)9-17-6-2-3-11(8-17)4-5-14;/h7,11H,2-6,8-9,14H2,1H3,(H,15,18);1H. The van der Waals surface area contributed by atoms with Crippen molar-refractivity contribution in [2.24, 2.45) is 11.7 Å². The molecule has 0 bridgehead atoms. The molecule has 1 saturated heterocycles. The van der Waals surface area contributed by atoms with Crippen molar-refractivity contribution >= 4 is 24.2 Å². The van der Waals surface area contributed by atoms with Gasteiger partial charge in [-0.25, -0.2) is 0 Å². The van der Waals surface area contributed by atoms with E-state index in [-0.39, 0.29) is 18.3 Å². The number of likely N-dealkylation sites (tertiary alicyclic amines) is 1. The number of nitrogens with zero attached hydrogens (tertiary/aromatic N) is 2. The Bertz CT molecular complexity index is 422. The molecule has 7 heteroatoms. The maximum atomic E-state index is 11.9. The summed E-state index contributed by atoms with van der Waals surface area (Å²) in [4.78, 5) is 14.1. The van der Waals surface area contributed by atoms with E-state index in [1.54, 1.807) is 6.07 Å². The molecular weight excluding hydrogens is 280 g/mol. The highest BCUT2D eigenvalue weighted by atomic mass is 35.5. The molecule has 20 heavy (non-hydrogen) atoms. The molecule has 0 aliphatic carbocycles. The van der Waals surface area contributed by atoms with Crippen molar-refractivity contribution in [1.29, 1.82) is 0 Å². The predicted molar refractivity (Wildman–Crippen MR) is 80.0 cm³/mol. The summed E-state index contributed by atoms with van der Waals surface area (Å²) in [6.45, 7) is 4.88. The van der Waals surface area contributed by atoms with Gasteiger partial charge in [0.05, 0.1) is 12.2 Å². The number of aromatic nitrogens is 1. The van der Waals surface area contributed by atoms with Crippen molar-refractivity contribution in [1.82, 2.24) is 10.1 Å². The Morgan fingerprint density at radius 1 is 1.65 bits per heavy atom. The monoisotopic (exact) mass is 302 g/mol. The number of hydrogen-bond donors (Lipinski definition) is 2. The van der Waals surface area contributed by atoms with Gasteiger partial charge >= 0.3 is 0 Å². The van der Waals surface area contributed by atoms with E-state index in [1.165, 1.54) is 6.42 Å². The van der Waals surface area contributed by atoms with Gasteiger partial charge in [-0.1, -0.05) is 5.16 Å². The van der Waals surface area contributed by atoms with E-state index in [9.17, 15) is 4.79 Å². The zero-order chi connectivity index (χ0) is 13.7. The molecule has 0 spiro atoms. The molecule has 1 aliphatic rings. The second-order valence-electron chi connectivity index (χ2n) is 5.20. The number of carbonyl (C=O) groups excluding carboxylic acids is 1. The van der Waals surface area contributed by atoms with E-state index in [4.69, 9.17) is 10.3 Å². The molecular formula is C13H23ClN4O2. The summed E-state index contributed by atoms with van der Waals surface area (Å²) in [6, 6.07) is 1.71. The van der Waals surface area contributed by atoms with Crippen LogP contribution in [-0.2, 0) is 4.79 Å². The van der Waals surface area contributed by atoms with Crippen molar-refractivity contribution in [2.45, 2.75) is 26.2 Å². The van der Waals surface area contributed by atoms with E-state index < -0.39 is 0 Å². The molecule has 0 aromatic carbocycles. The van der Waals surface area contributed by atoms with Crippen LogP contribution in [0.5, 0.6) is 0 Å². The molecule has 1 unspecified atom stereocenters. The van der Waals surface area contributed by atoms with E-state index in [0.29, 0.717) is 18.3 Å². The van der Waals surface area contributed by atoms with E-state index in [0.717, 1.165) is 38.2 Å². The molecule has 1 aromatic heterocycles. The first-order valence-corrected chi connectivity index (χ1v) is 6.83. The fourth-order valence-corrected chi connectivity index (χ4v) is 2.57.